The summed E-state index contributed by atoms with van der Waals surface area (Å²) in [7, 11) is 0. The lowest BCUT2D eigenvalue weighted by atomic mass is 10.1. The third kappa shape index (κ3) is 8.53. The van der Waals surface area contributed by atoms with Crippen LogP contribution in [0.3, 0.4) is 0 Å². The van der Waals surface area contributed by atoms with Crippen LogP contribution in [0.2, 0.25) is 0 Å². The van der Waals surface area contributed by atoms with Crippen molar-refractivity contribution in [3.63, 3.8) is 0 Å². The van der Waals surface area contributed by atoms with E-state index in [0.29, 0.717) is 29.9 Å². The first-order chi connectivity index (χ1) is 20.1. The van der Waals surface area contributed by atoms with Gasteiger partial charge in [-0.05, 0) is 74.7 Å². The SMILES string of the molecule is CC(C)(C)OC(=O)NCc1ncccc1CNC(=O)c1cc(F)c(-c2ccccn2)nc1NCCc1cccc(F)c1. The molecule has 0 aliphatic carbocycles. The van der Waals surface area contributed by atoms with E-state index in [-0.39, 0.29) is 36.0 Å². The molecule has 3 aromatic heterocycles. The number of rotatable bonds is 10. The molecule has 0 radical (unpaired) electrons. The van der Waals surface area contributed by atoms with E-state index < -0.39 is 23.4 Å². The summed E-state index contributed by atoms with van der Waals surface area (Å²) in [6.07, 6.45) is 2.96. The number of nitrogens with one attached hydrogen (secondary N) is 3. The molecule has 0 saturated heterocycles. The van der Waals surface area contributed by atoms with Gasteiger partial charge in [-0.15, -0.1) is 0 Å². The van der Waals surface area contributed by atoms with E-state index in [2.05, 4.69) is 30.9 Å². The molecule has 0 atom stereocenters. The van der Waals surface area contributed by atoms with E-state index in [1.165, 1.54) is 18.3 Å². The maximum atomic E-state index is 15.2. The Kier molecular flexibility index (Phi) is 9.74. The Morgan fingerprint density at radius 3 is 2.45 bits per heavy atom. The van der Waals surface area contributed by atoms with Crippen LogP contribution in [-0.2, 0) is 24.2 Å². The molecule has 0 unspecified atom stereocenters. The van der Waals surface area contributed by atoms with Gasteiger partial charge in [0, 0.05) is 25.5 Å². The van der Waals surface area contributed by atoms with E-state index in [0.717, 1.165) is 11.6 Å². The Morgan fingerprint density at radius 2 is 1.71 bits per heavy atom. The van der Waals surface area contributed by atoms with Crippen molar-refractivity contribution in [3.8, 4) is 11.4 Å². The lowest BCUT2D eigenvalue weighted by Crippen LogP contribution is -2.33. The van der Waals surface area contributed by atoms with Crippen molar-refractivity contribution >= 4 is 17.8 Å². The van der Waals surface area contributed by atoms with Gasteiger partial charge in [-0.25, -0.2) is 18.6 Å². The summed E-state index contributed by atoms with van der Waals surface area (Å²) in [4.78, 5) is 38.3. The van der Waals surface area contributed by atoms with Crippen LogP contribution in [0, 0.1) is 11.6 Å². The van der Waals surface area contributed by atoms with Crippen LogP contribution in [0.1, 0.15) is 48.0 Å². The summed E-state index contributed by atoms with van der Waals surface area (Å²) in [6.45, 7) is 5.75. The zero-order chi connectivity index (χ0) is 30.1. The summed E-state index contributed by atoms with van der Waals surface area (Å²) < 4.78 is 34.1. The van der Waals surface area contributed by atoms with Crippen molar-refractivity contribution in [1.82, 2.24) is 25.6 Å². The first-order valence-electron chi connectivity index (χ1n) is 13.4. The Hall–Kier alpha value is -4.93. The van der Waals surface area contributed by atoms with E-state index in [1.54, 1.807) is 69.4 Å². The molecule has 42 heavy (non-hydrogen) atoms. The number of alkyl carbamates (subject to hydrolysis) is 1. The maximum Gasteiger partial charge on any atom is 0.407 e. The van der Waals surface area contributed by atoms with Crippen molar-refractivity contribution in [2.45, 2.75) is 45.9 Å². The fourth-order valence-electron chi connectivity index (χ4n) is 4.03. The average molecular weight is 575 g/mol. The van der Waals surface area contributed by atoms with Crippen molar-refractivity contribution in [2.75, 3.05) is 11.9 Å². The van der Waals surface area contributed by atoms with Crippen LogP contribution in [-0.4, -0.2) is 39.1 Å². The van der Waals surface area contributed by atoms with Gasteiger partial charge in [0.2, 0.25) is 0 Å². The number of aromatic nitrogens is 3. The highest BCUT2D eigenvalue weighted by atomic mass is 19.1. The van der Waals surface area contributed by atoms with Gasteiger partial charge in [0.25, 0.3) is 5.91 Å². The molecule has 11 heteroatoms. The standard InChI is InChI=1S/C31H32F2N6O3/c1-31(2,3)42-30(41)38-19-26-21(9-7-14-35-26)18-37-29(40)23-17-24(33)27(25-11-4-5-13-34-25)39-28(23)36-15-12-20-8-6-10-22(32)16-20/h4-11,13-14,16-17H,12,15,18-19H2,1-3H3,(H,36,39)(H,37,40)(H,38,41). The van der Waals surface area contributed by atoms with Crippen molar-refractivity contribution in [1.29, 1.82) is 0 Å². The molecule has 0 bridgehead atoms. The average Bonchev–Trinajstić information content (AvgIpc) is 2.95. The van der Waals surface area contributed by atoms with Crippen molar-refractivity contribution < 1.29 is 23.1 Å². The van der Waals surface area contributed by atoms with Gasteiger partial charge >= 0.3 is 6.09 Å². The highest BCUT2D eigenvalue weighted by Crippen LogP contribution is 2.24. The smallest absolute Gasteiger partial charge is 0.407 e. The quantitative estimate of drug-likeness (QED) is 0.231. The monoisotopic (exact) mass is 574 g/mol. The minimum atomic E-state index is -0.710. The predicted molar refractivity (Wildman–Crippen MR) is 155 cm³/mol. The number of carbonyl (C=O) groups excluding carboxylic acids is 2. The van der Waals surface area contributed by atoms with E-state index in [9.17, 15) is 14.0 Å². The Balaban J connectivity index is 1.51. The largest absolute Gasteiger partial charge is 0.444 e. The fraction of sp³-hybridized carbons (Fsp3) is 0.258. The zero-order valence-electron chi connectivity index (χ0n) is 23.6. The maximum absolute atomic E-state index is 15.2. The number of halogens is 2. The number of hydrogen-bond acceptors (Lipinski definition) is 7. The van der Waals surface area contributed by atoms with Crippen molar-refractivity contribution in [3.05, 3.63) is 107 Å². The second kappa shape index (κ2) is 13.6. The number of carbonyl (C=O) groups is 2. The molecule has 0 aliphatic rings. The molecule has 9 nitrogen and oxygen atoms in total. The summed E-state index contributed by atoms with van der Waals surface area (Å²) in [6, 6.07) is 15.8. The van der Waals surface area contributed by atoms with Gasteiger partial charge < -0.3 is 20.7 Å². The van der Waals surface area contributed by atoms with Crippen LogP contribution < -0.4 is 16.0 Å². The highest BCUT2D eigenvalue weighted by Gasteiger charge is 2.20. The van der Waals surface area contributed by atoms with Crippen molar-refractivity contribution in [2.24, 2.45) is 0 Å². The molecule has 3 N–H and O–H groups in total. The third-order valence-electron chi connectivity index (χ3n) is 5.95. The van der Waals surface area contributed by atoms with Crippen LogP contribution >= 0.6 is 0 Å². The minimum Gasteiger partial charge on any atom is -0.444 e. The first kappa shape index (κ1) is 30.0. The Morgan fingerprint density at radius 1 is 0.905 bits per heavy atom. The minimum absolute atomic E-state index is 0.0104. The normalized spacial score (nSPS) is 11.1. The van der Waals surface area contributed by atoms with Crippen LogP contribution in [0.15, 0.2) is 73.1 Å². The van der Waals surface area contributed by atoms with Crippen LogP contribution in [0.4, 0.5) is 19.4 Å². The van der Waals surface area contributed by atoms with Gasteiger partial charge in [0.05, 0.1) is 23.5 Å². The number of benzene rings is 1. The number of amides is 2. The highest BCUT2D eigenvalue weighted by molar-refractivity contribution is 5.99. The number of nitrogens with zero attached hydrogens (tertiary/aromatic N) is 3. The molecule has 218 valence electrons. The van der Waals surface area contributed by atoms with E-state index in [1.807, 2.05) is 0 Å². The second-order valence-corrected chi connectivity index (χ2v) is 10.4. The van der Waals surface area contributed by atoms with Gasteiger partial charge in [0.15, 0.2) is 5.82 Å². The van der Waals surface area contributed by atoms with Gasteiger partial charge in [-0.2, -0.15) is 0 Å². The van der Waals surface area contributed by atoms with Gasteiger partial charge in [-0.1, -0.05) is 24.3 Å². The molecule has 1 aromatic carbocycles. The number of hydrogen-bond donors (Lipinski definition) is 3. The second-order valence-electron chi connectivity index (χ2n) is 10.4. The van der Waals surface area contributed by atoms with Crippen LogP contribution in [0.5, 0.6) is 0 Å². The molecular formula is C31H32F2N6O3. The fourth-order valence-corrected chi connectivity index (χ4v) is 4.03. The van der Waals surface area contributed by atoms with Crippen LogP contribution in [0.25, 0.3) is 11.4 Å². The van der Waals surface area contributed by atoms with E-state index in [4.69, 9.17) is 4.74 Å². The van der Waals surface area contributed by atoms with Gasteiger partial charge in [-0.3, -0.25) is 14.8 Å². The predicted octanol–water partition coefficient (Wildman–Crippen LogP) is 5.43. The third-order valence-corrected chi connectivity index (χ3v) is 5.95. The molecule has 0 spiro atoms. The number of ether oxygens (including phenoxy) is 1. The molecule has 4 aromatic rings. The molecule has 4 rings (SSSR count). The zero-order valence-corrected chi connectivity index (χ0v) is 23.6. The molecular weight excluding hydrogens is 542 g/mol. The molecule has 0 aliphatic heterocycles. The lowest BCUT2D eigenvalue weighted by molar-refractivity contribution is 0.0522. The molecule has 0 saturated carbocycles. The molecule has 2 amide bonds. The lowest BCUT2D eigenvalue weighted by Gasteiger charge is -2.20. The topological polar surface area (TPSA) is 118 Å². The van der Waals surface area contributed by atoms with E-state index >= 15 is 4.39 Å². The summed E-state index contributed by atoms with van der Waals surface area (Å²) >= 11 is 0. The number of anilines is 1. The Bertz CT molecular complexity index is 1540. The number of pyridine rings is 3. The molecule has 0 fully saturated rings. The molecule has 3 heterocycles. The Labute approximate surface area is 242 Å². The summed E-state index contributed by atoms with van der Waals surface area (Å²) in [5.41, 5.74) is 1.58. The summed E-state index contributed by atoms with van der Waals surface area (Å²) in [5.74, 6) is -1.47. The van der Waals surface area contributed by atoms with Gasteiger partial charge in [0.1, 0.15) is 22.9 Å². The summed E-state index contributed by atoms with van der Waals surface area (Å²) in [5, 5.41) is 8.55. The first-order valence-corrected chi connectivity index (χ1v) is 13.4.